The maximum absolute atomic E-state index is 11.2. The minimum Gasteiger partial charge on any atom is -0.489 e. The number of carboxylic acids is 1. The van der Waals surface area contributed by atoms with Crippen LogP contribution in [0, 0.1) is 23.2 Å². The third-order valence-electron chi connectivity index (χ3n) is 5.75. The first-order chi connectivity index (χ1) is 17.4. The van der Waals surface area contributed by atoms with Gasteiger partial charge in [0.1, 0.15) is 12.4 Å². The van der Waals surface area contributed by atoms with Gasteiger partial charge < -0.3 is 9.84 Å². The highest BCUT2D eigenvalue weighted by Gasteiger charge is 2.17. The summed E-state index contributed by atoms with van der Waals surface area (Å²) in [5, 5.41) is 23.5. The van der Waals surface area contributed by atoms with E-state index in [9.17, 15) is 10.1 Å². The van der Waals surface area contributed by atoms with Crippen LogP contribution in [0.15, 0.2) is 60.8 Å². The van der Waals surface area contributed by atoms with Gasteiger partial charge in [-0.2, -0.15) is 10.4 Å². The highest BCUT2D eigenvalue weighted by molar-refractivity contribution is 5.81. The van der Waals surface area contributed by atoms with E-state index in [2.05, 4.69) is 23.0 Å². The highest BCUT2D eigenvalue weighted by atomic mass is 16.5. The fourth-order valence-corrected chi connectivity index (χ4v) is 3.96. The number of fused-ring (bicyclic) bond motifs is 1. The Morgan fingerprint density at radius 3 is 2.56 bits per heavy atom. The Bertz CT molecular complexity index is 1500. The van der Waals surface area contributed by atoms with Crippen molar-refractivity contribution in [2.24, 2.45) is 0 Å². The van der Waals surface area contributed by atoms with E-state index in [1.54, 1.807) is 17.5 Å². The van der Waals surface area contributed by atoms with Gasteiger partial charge in [-0.1, -0.05) is 50.1 Å². The Balaban J connectivity index is 1.64. The number of aromatic nitrogens is 3. The van der Waals surface area contributed by atoms with Crippen molar-refractivity contribution in [3.8, 4) is 34.8 Å². The molecule has 0 amide bonds. The van der Waals surface area contributed by atoms with Crippen LogP contribution in [0.3, 0.4) is 0 Å². The number of aliphatic carboxylic acids is 1. The van der Waals surface area contributed by atoms with Crippen LogP contribution in [0.1, 0.15) is 61.5 Å². The van der Waals surface area contributed by atoms with E-state index in [1.165, 1.54) is 0 Å². The van der Waals surface area contributed by atoms with Crippen molar-refractivity contribution in [1.82, 2.24) is 14.6 Å². The Labute approximate surface area is 210 Å². The Morgan fingerprint density at radius 2 is 1.89 bits per heavy atom. The molecule has 0 fully saturated rings. The number of carbonyl (C=O) groups is 1. The summed E-state index contributed by atoms with van der Waals surface area (Å²) >= 11 is 0. The zero-order valence-electron chi connectivity index (χ0n) is 20.4. The first-order valence-corrected chi connectivity index (χ1v) is 11.6. The van der Waals surface area contributed by atoms with Crippen LogP contribution >= 0.6 is 0 Å². The molecule has 2 heterocycles. The summed E-state index contributed by atoms with van der Waals surface area (Å²) in [5.41, 5.74) is 4.57. The van der Waals surface area contributed by atoms with Gasteiger partial charge in [0.15, 0.2) is 11.5 Å². The van der Waals surface area contributed by atoms with E-state index < -0.39 is 5.97 Å². The Hall–Kier alpha value is -4.62. The number of nitriles is 1. The minimum atomic E-state index is -0.888. The Morgan fingerprint density at radius 1 is 1.14 bits per heavy atom. The summed E-state index contributed by atoms with van der Waals surface area (Å²) in [6.07, 6.45) is 1.84. The van der Waals surface area contributed by atoms with Gasteiger partial charge in [0.2, 0.25) is 0 Å². The van der Waals surface area contributed by atoms with Gasteiger partial charge in [-0.25, -0.2) is 9.50 Å². The zero-order valence-corrected chi connectivity index (χ0v) is 20.4. The number of ether oxygens (including phenoxy) is 1. The zero-order chi connectivity index (χ0) is 25.7. The second-order valence-electron chi connectivity index (χ2n) is 8.71. The van der Waals surface area contributed by atoms with Crippen molar-refractivity contribution < 1.29 is 14.6 Å². The first-order valence-electron chi connectivity index (χ1n) is 11.6. The molecular weight excluding hydrogens is 452 g/mol. The molecule has 0 bridgehead atoms. The van der Waals surface area contributed by atoms with Gasteiger partial charge in [0.05, 0.1) is 24.0 Å². The molecule has 4 rings (SSSR count). The quantitative estimate of drug-likeness (QED) is 0.333. The van der Waals surface area contributed by atoms with E-state index in [0.717, 1.165) is 28.1 Å². The van der Waals surface area contributed by atoms with Crippen molar-refractivity contribution in [3.05, 3.63) is 83.3 Å². The summed E-state index contributed by atoms with van der Waals surface area (Å²) in [6, 6.07) is 19.0. The number of pyridine rings is 1. The van der Waals surface area contributed by atoms with Crippen LogP contribution in [0.2, 0.25) is 0 Å². The molecule has 0 aliphatic carbocycles. The summed E-state index contributed by atoms with van der Waals surface area (Å²) in [6.45, 7) is 6.06. The minimum absolute atomic E-state index is 0.0513. The predicted octanol–water partition coefficient (Wildman–Crippen LogP) is 5.55. The van der Waals surface area contributed by atoms with Gasteiger partial charge in [0.25, 0.3) is 0 Å². The van der Waals surface area contributed by atoms with E-state index >= 15 is 0 Å². The molecule has 2 aromatic carbocycles. The monoisotopic (exact) mass is 478 g/mol. The van der Waals surface area contributed by atoms with Gasteiger partial charge in [-0.3, -0.25) is 4.79 Å². The molecule has 1 N–H and O–H groups in total. The smallest absolute Gasteiger partial charge is 0.304 e. The van der Waals surface area contributed by atoms with Crippen molar-refractivity contribution in [1.29, 1.82) is 5.26 Å². The topological polar surface area (TPSA) is 101 Å². The highest BCUT2D eigenvalue weighted by Crippen LogP contribution is 2.29. The number of carboxylic acid groups (broad SMARTS) is 1. The molecular formula is C29H26N4O3. The summed E-state index contributed by atoms with van der Waals surface area (Å²) in [5.74, 6) is 6.04. The van der Waals surface area contributed by atoms with Crippen LogP contribution in [-0.4, -0.2) is 25.7 Å². The number of nitrogens with zero attached hydrogens (tertiary/aromatic N) is 4. The van der Waals surface area contributed by atoms with Crippen molar-refractivity contribution >= 4 is 11.6 Å². The molecule has 4 aromatic rings. The van der Waals surface area contributed by atoms with Gasteiger partial charge in [-0.15, -0.1) is 5.92 Å². The molecule has 180 valence electrons. The lowest BCUT2D eigenvalue weighted by Crippen LogP contribution is -2.05. The van der Waals surface area contributed by atoms with E-state index in [1.807, 2.05) is 68.6 Å². The van der Waals surface area contributed by atoms with E-state index in [4.69, 9.17) is 14.8 Å². The molecule has 36 heavy (non-hydrogen) atoms. The van der Waals surface area contributed by atoms with Crippen molar-refractivity contribution in [3.63, 3.8) is 0 Å². The molecule has 1 unspecified atom stereocenters. The lowest BCUT2D eigenvalue weighted by molar-refractivity contribution is -0.137. The van der Waals surface area contributed by atoms with Crippen LogP contribution in [0.5, 0.6) is 5.75 Å². The summed E-state index contributed by atoms with van der Waals surface area (Å²) in [7, 11) is 0. The molecule has 2 aromatic heterocycles. The predicted molar refractivity (Wildman–Crippen MR) is 136 cm³/mol. The SMILES string of the molecule is CC#CC(CC(=O)O)c1ccc(OCc2cc(-c3ccccc3C#N)c3nc(C(C)C)nn3c2)cc1. The molecule has 0 aliphatic rings. The van der Waals surface area contributed by atoms with Gasteiger partial charge in [-0.05, 0) is 36.8 Å². The van der Waals surface area contributed by atoms with Crippen LogP contribution < -0.4 is 4.74 Å². The van der Waals surface area contributed by atoms with Crippen LogP contribution in [0.25, 0.3) is 16.8 Å². The first kappa shape index (κ1) is 24.5. The molecule has 0 radical (unpaired) electrons. The third kappa shape index (κ3) is 5.37. The molecule has 0 spiro atoms. The fraction of sp³-hybridized carbons (Fsp3) is 0.241. The fourth-order valence-electron chi connectivity index (χ4n) is 3.96. The molecule has 1 atom stereocenters. The lowest BCUT2D eigenvalue weighted by atomic mass is 9.96. The third-order valence-corrected chi connectivity index (χ3v) is 5.75. The Kier molecular flexibility index (Phi) is 7.32. The van der Waals surface area contributed by atoms with Crippen molar-refractivity contribution in [2.75, 3.05) is 0 Å². The standard InChI is InChI=1S/C29H26N4O3/c1-4-7-22(15-27(34)35)21-10-12-24(13-11-21)36-18-20-14-26(25-9-6-5-8-23(25)16-30)29-31-28(19(2)3)32-33(29)17-20/h5-6,8-14,17,19,22H,15,18H2,1-3H3,(H,34,35). The maximum atomic E-state index is 11.2. The van der Waals surface area contributed by atoms with E-state index in [0.29, 0.717) is 17.0 Å². The van der Waals surface area contributed by atoms with Crippen molar-refractivity contribution in [2.45, 2.75) is 45.6 Å². The molecule has 0 saturated carbocycles. The molecule has 7 heteroatoms. The number of benzene rings is 2. The lowest BCUT2D eigenvalue weighted by Gasteiger charge is -2.12. The molecule has 7 nitrogen and oxygen atoms in total. The average molecular weight is 479 g/mol. The number of hydrogen-bond donors (Lipinski definition) is 1. The summed E-state index contributed by atoms with van der Waals surface area (Å²) < 4.78 is 7.79. The van der Waals surface area contributed by atoms with E-state index in [-0.39, 0.29) is 24.9 Å². The second kappa shape index (κ2) is 10.8. The average Bonchev–Trinajstić information content (AvgIpc) is 3.31. The van der Waals surface area contributed by atoms with Gasteiger partial charge >= 0.3 is 5.97 Å². The largest absolute Gasteiger partial charge is 0.489 e. The second-order valence-corrected chi connectivity index (χ2v) is 8.71. The van der Waals surface area contributed by atoms with Crippen LogP contribution in [0.4, 0.5) is 0 Å². The maximum Gasteiger partial charge on any atom is 0.304 e. The van der Waals surface area contributed by atoms with Gasteiger partial charge in [0, 0.05) is 28.8 Å². The molecule has 0 aliphatic heterocycles. The number of hydrogen-bond acceptors (Lipinski definition) is 5. The normalized spacial score (nSPS) is 11.5. The summed E-state index contributed by atoms with van der Waals surface area (Å²) in [4.78, 5) is 15.9. The number of rotatable bonds is 8. The molecule has 0 saturated heterocycles. The van der Waals surface area contributed by atoms with Crippen LogP contribution in [-0.2, 0) is 11.4 Å².